The normalized spacial score (nSPS) is 17.3. The van der Waals surface area contributed by atoms with Crippen LogP contribution in [0.3, 0.4) is 0 Å². The fraction of sp³-hybridized carbons (Fsp3) is 0.500. The molecule has 1 aromatic rings. The first-order valence-electron chi connectivity index (χ1n) is 5.83. The Morgan fingerprint density at radius 2 is 1.59 bits per heavy atom. The van der Waals surface area contributed by atoms with Crippen LogP contribution in [0.4, 0.5) is 5.69 Å². The van der Waals surface area contributed by atoms with Gasteiger partial charge < -0.3 is 0 Å². The third kappa shape index (κ3) is 2.98. The summed E-state index contributed by atoms with van der Waals surface area (Å²) in [5.41, 5.74) is 2.77. The van der Waals surface area contributed by atoms with Crippen molar-refractivity contribution in [3.8, 4) is 0 Å². The standard InChI is InChI=1S/C12H18N2O2S/c1-10-7-11(2)9-12(8-10)13-17(15,16)14-5-3-4-6-14/h7-9,13H,3-6H2,1-2H3. The Morgan fingerprint density at radius 3 is 2.12 bits per heavy atom. The van der Waals surface area contributed by atoms with Crippen molar-refractivity contribution in [3.63, 3.8) is 0 Å². The van der Waals surface area contributed by atoms with Crippen molar-refractivity contribution in [2.45, 2.75) is 26.7 Å². The number of benzene rings is 1. The molecule has 0 aromatic heterocycles. The summed E-state index contributed by atoms with van der Waals surface area (Å²) in [5, 5.41) is 0. The van der Waals surface area contributed by atoms with Gasteiger partial charge in [-0.3, -0.25) is 4.72 Å². The van der Waals surface area contributed by atoms with E-state index < -0.39 is 10.2 Å². The number of hydrogen-bond acceptors (Lipinski definition) is 2. The number of nitrogens with one attached hydrogen (secondary N) is 1. The molecule has 5 heteroatoms. The van der Waals surface area contributed by atoms with Gasteiger partial charge in [0.25, 0.3) is 0 Å². The minimum atomic E-state index is -3.36. The molecular weight excluding hydrogens is 236 g/mol. The molecule has 2 rings (SSSR count). The maximum Gasteiger partial charge on any atom is 0.301 e. The topological polar surface area (TPSA) is 49.4 Å². The summed E-state index contributed by atoms with van der Waals surface area (Å²) < 4.78 is 28.2. The van der Waals surface area contributed by atoms with Crippen LogP contribution in [-0.4, -0.2) is 25.8 Å². The lowest BCUT2D eigenvalue weighted by Crippen LogP contribution is -2.33. The van der Waals surface area contributed by atoms with E-state index in [2.05, 4.69) is 4.72 Å². The lowest BCUT2D eigenvalue weighted by atomic mass is 10.1. The molecule has 4 nitrogen and oxygen atoms in total. The van der Waals surface area contributed by atoms with Crippen molar-refractivity contribution in [1.29, 1.82) is 0 Å². The van der Waals surface area contributed by atoms with Gasteiger partial charge in [0, 0.05) is 13.1 Å². The number of rotatable bonds is 3. The van der Waals surface area contributed by atoms with Gasteiger partial charge in [0.05, 0.1) is 5.69 Å². The van der Waals surface area contributed by atoms with E-state index in [0.29, 0.717) is 18.8 Å². The van der Waals surface area contributed by atoms with Crippen molar-refractivity contribution < 1.29 is 8.42 Å². The molecular formula is C12H18N2O2S. The Morgan fingerprint density at radius 1 is 1.06 bits per heavy atom. The quantitative estimate of drug-likeness (QED) is 0.897. The number of nitrogens with zero attached hydrogens (tertiary/aromatic N) is 1. The molecule has 0 unspecified atom stereocenters. The van der Waals surface area contributed by atoms with Crippen LogP contribution in [-0.2, 0) is 10.2 Å². The molecule has 1 heterocycles. The first kappa shape index (κ1) is 12.4. The fourth-order valence-electron chi connectivity index (χ4n) is 2.18. The molecule has 0 radical (unpaired) electrons. The summed E-state index contributed by atoms with van der Waals surface area (Å²) in [5.74, 6) is 0. The second-order valence-electron chi connectivity index (χ2n) is 4.59. The molecule has 1 saturated heterocycles. The SMILES string of the molecule is Cc1cc(C)cc(NS(=O)(=O)N2CCCC2)c1. The predicted molar refractivity (Wildman–Crippen MR) is 69.3 cm³/mol. The maximum atomic E-state index is 12.0. The second kappa shape index (κ2) is 4.66. The van der Waals surface area contributed by atoms with Gasteiger partial charge >= 0.3 is 10.2 Å². The Bertz CT molecular complexity index is 485. The average molecular weight is 254 g/mol. The van der Waals surface area contributed by atoms with E-state index in [1.54, 1.807) is 0 Å². The highest BCUT2D eigenvalue weighted by Gasteiger charge is 2.24. The van der Waals surface area contributed by atoms with Crippen LogP contribution < -0.4 is 4.72 Å². The minimum absolute atomic E-state index is 0.625. The molecule has 1 aliphatic heterocycles. The summed E-state index contributed by atoms with van der Waals surface area (Å²) in [6.45, 7) is 5.17. The zero-order chi connectivity index (χ0) is 12.5. The lowest BCUT2D eigenvalue weighted by molar-refractivity contribution is 0.482. The molecule has 0 saturated carbocycles. The molecule has 0 spiro atoms. The van der Waals surface area contributed by atoms with E-state index >= 15 is 0 Å². The van der Waals surface area contributed by atoms with Crippen LogP contribution in [0.5, 0.6) is 0 Å². The molecule has 17 heavy (non-hydrogen) atoms. The Labute approximate surface area is 103 Å². The molecule has 0 bridgehead atoms. The number of aryl methyl sites for hydroxylation is 2. The summed E-state index contributed by atoms with van der Waals surface area (Å²) in [6, 6.07) is 5.72. The second-order valence-corrected chi connectivity index (χ2v) is 6.26. The van der Waals surface area contributed by atoms with Crippen LogP contribution in [0, 0.1) is 13.8 Å². The largest absolute Gasteiger partial charge is 0.301 e. The Hall–Kier alpha value is -1.07. The summed E-state index contributed by atoms with van der Waals surface area (Å²) in [6.07, 6.45) is 1.90. The van der Waals surface area contributed by atoms with Crippen molar-refractivity contribution in [2.75, 3.05) is 17.8 Å². The van der Waals surface area contributed by atoms with Crippen LogP contribution in [0.2, 0.25) is 0 Å². The van der Waals surface area contributed by atoms with Gasteiger partial charge in [-0.2, -0.15) is 12.7 Å². The van der Waals surface area contributed by atoms with Crippen LogP contribution in [0.1, 0.15) is 24.0 Å². The Balaban J connectivity index is 2.19. The highest BCUT2D eigenvalue weighted by molar-refractivity contribution is 7.90. The van der Waals surface area contributed by atoms with Crippen LogP contribution >= 0.6 is 0 Å². The zero-order valence-electron chi connectivity index (χ0n) is 10.2. The smallest absolute Gasteiger partial charge is 0.271 e. The van der Waals surface area contributed by atoms with Gasteiger partial charge in [-0.05, 0) is 49.9 Å². The predicted octanol–water partition coefficient (Wildman–Crippen LogP) is 2.06. The fourth-order valence-corrected chi connectivity index (χ4v) is 3.46. The molecule has 0 aliphatic carbocycles. The maximum absolute atomic E-state index is 12.0. The van der Waals surface area contributed by atoms with Gasteiger partial charge in [-0.15, -0.1) is 0 Å². The first-order valence-corrected chi connectivity index (χ1v) is 7.27. The van der Waals surface area contributed by atoms with Gasteiger partial charge in [-0.25, -0.2) is 0 Å². The molecule has 1 aromatic carbocycles. The van der Waals surface area contributed by atoms with E-state index in [1.165, 1.54) is 4.31 Å². The van der Waals surface area contributed by atoms with Crippen molar-refractivity contribution in [1.82, 2.24) is 4.31 Å². The van der Waals surface area contributed by atoms with E-state index in [0.717, 1.165) is 24.0 Å². The lowest BCUT2D eigenvalue weighted by Gasteiger charge is -2.17. The zero-order valence-corrected chi connectivity index (χ0v) is 11.0. The van der Waals surface area contributed by atoms with E-state index in [9.17, 15) is 8.42 Å². The van der Waals surface area contributed by atoms with Gasteiger partial charge in [0.2, 0.25) is 0 Å². The van der Waals surface area contributed by atoms with E-state index in [-0.39, 0.29) is 0 Å². The van der Waals surface area contributed by atoms with E-state index in [4.69, 9.17) is 0 Å². The summed E-state index contributed by atoms with van der Waals surface area (Å²) in [7, 11) is -3.36. The Kier molecular flexibility index (Phi) is 3.40. The van der Waals surface area contributed by atoms with Crippen molar-refractivity contribution in [3.05, 3.63) is 29.3 Å². The van der Waals surface area contributed by atoms with Gasteiger partial charge in [-0.1, -0.05) is 6.07 Å². The third-order valence-corrected chi connectivity index (χ3v) is 4.41. The molecule has 0 amide bonds. The number of hydrogen-bond donors (Lipinski definition) is 1. The highest BCUT2D eigenvalue weighted by atomic mass is 32.2. The average Bonchev–Trinajstić information content (AvgIpc) is 2.67. The van der Waals surface area contributed by atoms with Crippen molar-refractivity contribution >= 4 is 15.9 Å². The highest BCUT2D eigenvalue weighted by Crippen LogP contribution is 2.19. The van der Waals surface area contributed by atoms with Crippen molar-refractivity contribution in [2.24, 2.45) is 0 Å². The summed E-state index contributed by atoms with van der Waals surface area (Å²) >= 11 is 0. The molecule has 1 N–H and O–H groups in total. The monoisotopic (exact) mass is 254 g/mol. The van der Waals surface area contributed by atoms with Gasteiger partial charge in [0.15, 0.2) is 0 Å². The molecule has 1 fully saturated rings. The molecule has 0 atom stereocenters. The number of anilines is 1. The first-order chi connectivity index (χ1) is 7.97. The summed E-state index contributed by atoms with van der Waals surface area (Å²) in [4.78, 5) is 0. The van der Waals surface area contributed by atoms with Crippen LogP contribution in [0.25, 0.3) is 0 Å². The molecule has 1 aliphatic rings. The third-order valence-electron chi connectivity index (χ3n) is 2.87. The van der Waals surface area contributed by atoms with Gasteiger partial charge in [0.1, 0.15) is 0 Å². The van der Waals surface area contributed by atoms with Crippen LogP contribution in [0.15, 0.2) is 18.2 Å². The minimum Gasteiger partial charge on any atom is -0.271 e. The molecule has 94 valence electrons. The van der Waals surface area contributed by atoms with E-state index in [1.807, 2.05) is 32.0 Å².